The molecule has 0 aromatic heterocycles. The number of esters is 3. The second-order valence-corrected chi connectivity index (χ2v) is 34.3. The molecule has 0 heterocycles. The Morgan fingerprint density at radius 1 is 0.244 bits per heavy atom. The molecule has 5 unspecified atom stereocenters. The summed E-state index contributed by atoms with van der Waals surface area (Å²) in [6.07, 6.45) is 120. The van der Waals surface area contributed by atoms with Crippen LogP contribution in [-0.4, -0.2) is 95.9 Å². The van der Waals surface area contributed by atoms with Crippen molar-refractivity contribution in [2.75, 3.05) is 39.6 Å². The van der Waals surface area contributed by atoms with E-state index in [0.29, 0.717) is 19.3 Å². The van der Waals surface area contributed by atoms with Crippen LogP contribution < -0.4 is 0 Å². The van der Waals surface area contributed by atoms with Crippen LogP contribution in [0.15, 0.2) is 170 Å². The number of rotatable bonds is 89. The van der Waals surface area contributed by atoms with Crippen molar-refractivity contribution in [1.82, 2.24) is 0 Å². The Kier molecular flexibility index (Phi) is 88.2. The summed E-state index contributed by atoms with van der Waals surface area (Å²) in [7, 11) is -9.82. The van der Waals surface area contributed by atoms with Crippen LogP contribution in [0.1, 0.15) is 393 Å². The van der Waals surface area contributed by atoms with E-state index < -0.39 is 91.5 Å². The van der Waals surface area contributed by atoms with Gasteiger partial charge in [0.2, 0.25) is 0 Å². The number of hydrogen-bond donors (Lipinski definition) is 4. The van der Waals surface area contributed by atoms with E-state index in [9.17, 15) is 43.5 Å². The third-order valence-electron chi connectivity index (χ3n) is 19.9. The average Bonchev–Trinajstić information content (AvgIpc) is 0.905. The minimum Gasteiger partial charge on any atom is -0.463 e. The highest BCUT2D eigenvalue weighted by Gasteiger charge is 2.30. The molecule has 0 rings (SSSR count). The maximum atomic E-state index is 13.1. The van der Waals surface area contributed by atoms with Crippen LogP contribution in [0, 0.1) is 0 Å². The van der Waals surface area contributed by atoms with E-state index in [1.54, 1.807) is 0 Å². The summed E-state index contributed by atoms with van der Waals surface area (Å²) in [6, 6.07) is 0. The molecule has 5 atom stereocenters. The maximum absolute atomic E-state index is 13.1. The fourth-order valence-corrected chi connectivity index (χ4v) is 14.4. The molecule has 0 aliphatic rings. The molecule has 0 bridgehead atoms. The topological polar surface area (TPSA) is 231 Å². The Labute approximate surface area is 726 Å². The van der Waals surface area contributed by atoms with Gasteiger partial charge in [-0.2, -0.15) is 0 Å². The normalized spacial score (nSPS) is 14.5. The lowest BCUT2D eigenvalue weighted by atomic mass is 10.0. The summed E-state index contributed by atoms with van der Waals surface area (Å²) in [5, 5.41) is 20.8. The predicted molar refractivity (Wildman–Crippen MR) is 500 cm³/mol. The molecule has 0 fully saturated rings. The number of aliphatic hydroxyl groups is 2. The highest BCUT2D eigenvalue weighted by molar-refractivity contribution is 7.47. The molecule has 4 N–H and O–H groups in total. The molecule has 0 aliphatic heterocycles. The summed E-state index contributed by atoms with van der Waals surface area (Å²) < 4.78 is 61.5. The first-order valence-corrected chi connectivity index (χ1v) is 50.4. The third kappa shape index (κ3) is 93.5. The molecule has 18 heteroatoms. The fraction of sp³-hybridized carbons (Fsp3) is 0.693. The van der Waals surface area contributed by atoms with Gasteiger partial charge in [-0.05, 0) is 154 Å². The van der Waals surface area contributed by atoms with Gasteiger partial charge < -0.3 is 34.2 Å². The standard InChI is InChI=1S/C101H172O16P2/c1-4-7-10-13-16-19-22-25-28-31-34-37-40-42-44-46-47-49-51-52-55-57-60-63-66-69-72-75-78-81-84-87-99(104)111-90-96(102)91-113-118(107,108)114-92-97(103)93-115-119(109,110)116-95-98(117-101(106)89-86-83-80-77-74-71-68-65-62-59-54-39-36-33-30-27-24-21-18-15-12-9-6-3)94-112-100(105)88-85-82-79-76-73-70-67-64-61-58-56-53-50-48-45-43-41-38-35-32-29-26-23-20-17-14-11-8-5-2/h7,9-10,12,16-21,25-30,34-39,42-45,59,62,96-98,102-103H,4-6,8,11,13-15,22-24,31-33,40-41,46-58,60-61,63-95H2,1-3H3,(H,107,108)(H,109,110)/b10-7-,12-9-,19-16-,20-17-,21-18-,28-25-,29-26-,30-27-,37-34-,38-35-,39-36-,44-42-,45-43-,62-59-. The lowest BCUT2D eigenvalue weighted by Gasteiger charge is -2.21. The van der Waals surface area contributed by atoms with Gasteiger partial charge in [-0.1, -0.05) is 390 Å². The van der Waals surface area contributed by atoms with E-state index in [0.717, 1.165) is 180 Å². The molecule has 0 aromatic rings. The molecule has 0 saturated heterocycles. The van der Waals surface area contributed by atoms with Crippen molar-refractivity contribution in [1.29, 1.82) is 0 Å². The molecule has 0 aromatic carbocycles. The van der Waals surface area contributed by atoms with Crippen molar-refractivity contribution in [3.63, 3.8) is 0 Å². The molecule has 119 heavy (non-hydrogen) atoms. The number of phosphoric ester groups is 2. The first-order chi connectivity index (χ1) is 58.2. The molecule has 0 spiro atoms. The Bertz CT molecular complexity index is 2840. The highest BCUT2D eigenvalue weighted by atomic mass is 31.2. The van der Waals surface area contributed by atoms with Gasteiger partial charge in [0.1, 0.15) is 25.4 Å². The molecule has 0 amide bonds. The first-order valence-electron chi connectivity index (χ1n) is 47.4. The molecule has 682 valence electrons. The second-order valence-electron chi connectivity index (χ2n) is 31.4. The van der Waals surface area contributed by atoms with Crippen molar-refractivity contribution in [3.8, 4) is 0 Å². The smallest absolute Gasteiger partial charge is 0.463 e. The largest absolute Gasteiger partial charge is 0.472 e. The number of phosphoric acid groups is 2. The van der Waals surface area contributed by atoms with E-state index in [4.69, 9.17) is 32.3 Å². The van der Waals surface area contributed by atoms with Crippen molar-refractivity contribution in [2.45, 2.75) is 411 Å². The number of aliphatic hydroxyl groups excluding tert-OH is 2. The van der Waals surface area contributed by atoms with Crippen LogP contribution in [0.3, 0.4) is 0 Å². The van der Waals surface area contributed by atoms with Gasteiger partial charge in [-0.25, -0.2) is 9.13 Å². The van der Waals surface area contributed by atoms with Gasteiger partial charge in [-0.3, -0.25) is 32.5 Å². The molecule has 0 aliphatic carbocycles. The zero-order valence-electron chi connectivity index (χ0n) is 75.2. The summed E-state index contributed by atoms with van der Waals surface area (Å²) in [5.41, 5.74) is 0. The van der Waals surface area contributed by atoms with Crippen LogP contribution in [0.4, 0.5) is 0 Å². The molecular weight excluding hydrogens is 1530 g/mol. The van der Waals surface area contributed by atoms with E-state index in [1.807, 2.05) is 0 Å². The Hall–Kier alpha value is -5.09. The van der Waals surface area contributed by atoms with Crippen LogP contribution >= 0.6 is 15.6 Å². The number of carbonyl (C=O) groups excluding carboxylic acids is 3. The van der Waals surface area contributed by atoms with Crippen molar-refractivity contribution < 1.29 is 75.8 Å². The van der Waals surface area contributed by atoms with Gasteiger partial charge in [0.15, 0.2) is 6.10 Å². The zero-order chi connectivity index (χ0) is 86.5. The third-order valence-corrected chi connectivity index (χ3v) is 21.8. The first kappa shape index (κ1) is 114. The Morgan fingerprint density at radius 2 is 0.445 bits per heavy atom. The van der Waals surface area contributed by atoms with Crippen LogP contribution in [0.2, 0.25) is 0 Å². The van der Waals surface area contributed by atoms with Gasteiger partial charge in [0.25, 0.3) is 0 Å². The second kappa shape index (κ2) is 92.1. The number of ether oxygens (including phenoxy) is 3. The van der Waals surface area contributed by atoms with Crippen LogP contribution in [0.25, 0.3) is 0 Å². The minimum atomic E-state index is -4.95. The van der Waals surface area contributed by atoms with Crippen molar-refractivity contribution in [3.05, 3.63) is 170 Å². The maximum Gasteiger partial charge on any atom is 0.472 e. The Balaban J connectivity index is 4.61. The van der Waals surface area contributed by atoms with Gasteiger partial charge >= 0.3 is 33.6 Å². The highest BCUT2D eigenvalue weighted by Crippen LogP contribution is 2.45. The lowest BCUT2D eigenvalue weighted by Crippen LogP contribution is -2.30. The summed E-state index contributed by atoms with van der Waals surface area (Å²) in [5.74, 6) is -1.58. The van der Waals surface area contributed by atoms with E-state index in [1.165, 1.54) is 154 Å². The number of allylic oxidation sites excluding steroid dienone is 28. The van der Waals surface area contributed by atoms with Crippen molar-refractivity contribution in [2.24, 2.45) is 0 Å². The summed E-state index contributed by atoms with van der Waals surface area (Å²) in [4.78, 5) is 59.1. The van der Waals surface area contributed by atoms with E-state index in [-0.39, 0.29) is 19.3 Å². The van der Waals surface area contributed by atoms with Crippen LogP contribution in [-0.2, 0) is 55.8 Å². The number of hydrogen-bond acceptors (Lipinski definition) is 14. The molecule has 16 nitrogen and oxygen atoms in total. The minimum absolute atomic E-state index is 0.0875. The molecular formula is C101H172O16P2. The lowest BCUT2D eigenvalue weighted by molar-refractivity contribution is -0.161. The van der Waals surface area contributed by atoms with Crippen molar-refractivity contribution >= 4 is 33.6 Å². The SMILES string of the molecule is CC/C=C\C/C=C\C/C=C\C/C=C\C/C=C\CCCCCCCCCCCCCCCCCC(=O)OCC(O)COP(=O)(O)OCC(O)COP(=O)(O)OCC(COC(=O)CCCCCCCCCCCCCCC/C=C\C/C=C\C/C=C\C/C=C\CCCCC)OC(=O)CCCCCCCCC/C=C\C/C=C\C/C=C\C/C=C\C/C=C\CC. The zero-order valence-corrected chi connectivity index (χ0v) is 77.0. The monoisotopic (exact) mass is 1700 g/mol. The predicted octanol–water partition coefficient (Wildman–Crippen LogP) is 29.4. The van der Waals surface area contributed by atoms with Gasteiger partial charge in [-0.15, -0.1) is 0 Å². The molecule has 0 saturated carbocycles. The number of carbonyl (C=O) groups is 3. The van der Waals surface area contributed by atoms with Gasteiger partial charge in [0.05, 0.1) is 26.4 Å². The summed E-state index contributed by atoms with van der Waals surface area (Å²) in [6.45, 7) is 2.46. The average molecular weight is 1700 g/mol. The van der Waals surface area contributed by atoms with Gasteiger partial charge in [0, 0.05) is 19.3 Å². The Morgan fingerprint density at radius 3 is 0.706 bits per heavy atom. The number of unbranched alkanes of at least 4 members (excludes halogenated alkanes) is 38. The van der Waals surface area contributed by atoms with E-state index >= 15 is 0 Å². The van der Waals surface area contributed by atoms with Crippen LogP contribution in [0.5, 0.6) is 0 Å². The quantitative estimate of drug-likeness (QED) is 0.0146. The summed E-state index contributed by atoms with van der Waals surface area (Å²) >= 11 is 0. The molecule has 0 radical (unpaired) electrons. The van der Waals surface area contributed by atoms with E-state index in [2.05, 4.69) is 191 Å². The fourth-order valence-electron chi connectivity index (χ4n) is 12.8.